The Balaban J connectivity index is 2.62. The second kappa shape index (κ2) is 5.89. The molecule has 3 heteroatoms. The summed E-state index contributed by atoms with van der Waals surface area (Å²) in [7, 11) is 0. The highest BCUT2D eigenvalue weighted by Crippen LogP contribution is 2.21. The average Bonchev–Trinajstić information content (AvgIpc) is 2.22. The van der Waals surface area contributed by atoms with Crippen molar-refractivity contribution in [3.8, 4) is 0 Å². The lowest BCUT2D eigenvalue weighted by Gasteiger charge is -2.25. The maximum absolute atomic E-state index is 5.75. The molecule has 0 saturated heterocycles. The SMILES string of the molecule is Cc1nc(NCC(C(C)C)C(C)C)ccc1N. The van der Waals surface area contributed by atoms with E-state index in [4.69, 9.17) is 5.73 Å². The smallest absolute Gasteiger partial charge is 0.126 e. The third-order valence-corrected chi connectivity index (χ3v) is 3.36. The molecule has 17 heavy (non-hydrogen) atoms. The van der Waals surface area contributed by atoms with E-state index >= 15 is 0 Å². The van der Waals surface area contributed by atoms with E-state index in [-0.39, 0.29) is 0 Å². The molecule has 0 spiro atoms. The number of hydrogen-bond acceptors (Lipinski definition) is 3. The summed E-state index contributed by atoms with van der Waals surface area (Å²) in [6, 6.07) is 3.85. The summed E-state index contributed by atoms with van der Waals surface area (Å²) in [5, 5.41) is 3.41. The molecule has 0 radical (unpaired) electrons. The Labute approximate surface area is 105 Å². The first-order valence-electron chi connectivity index (χ1n) is 6.38. The first-order valence-corrected chi connectivity index (χ1v) is 6.38. The second-order valence-electron chi connectivity index (χ2n) is 5.40. The van der Waals surface area contributed by atoms with E-state index in [0.29, 0.717) is 17.8 Å². The zero-order valence-corrected chi connectivity index (χ0v) is 11.6. The Kier molecular flexibility index (Phi) is 4.79. The van der Waals surface area contributed by atoms with Crippen LogP contribution >= 0.6 is 0 Å². The van der Waals surface area contributed by atoms with Gasteiger partial charge in [-0.3, -0.25) is 0 Å². The third-order valence-electron chi connectivity index (χ3n) is 3.36. The van der Waals surface area contributed by atoms with Crippen LogP contribution < -0.4 is 11.1 Å². The Morgan fingerprint density at radius 2 is 1.76 bits per heavy atom. The molecule has 0 aliphatic rings. The fourth-order valence-corrected chi connectivity index (χ4v) is 2.13. The molecular weight excluding hydrogens is 210 g/mol. The van der Waals surface area contributed by atoms with Crippen LogP contribution in [-0.4, -0.2) is 11.5 Å². The maximum Gasteiger partial charge on any atom is 0.126 e. The summed E-state index contributed by atoms with van der Waals surface area (Å²) in [4.78, 5) is 4.43. The van der Waals surface area contributed by atoms with E-state index in [1.165, 1.54) is 0 Å². The highest BCUT2D eigenvalue weighted by Gasteiger charge is 2.17. The van der Waals surface area contributed by atoms with Crippen molar-refractivity contribution in [2.75, 3.05) is 17.6 Å². The van der Waals surface area contributed by atoms with Gasteiger partial charge in [-0.05, 0) is 36.8 Å². The molecule has 0 fully saturated rings. The van der Waals surface area contributed by atoms with Crippen molar-refractivity contribution >= 4 is 11.5 Å². The van der Waals surface area contributed by atoms with Gasteiger partial charge in [-0.25, -0.2) is 4.98 Å². The number of pyridine rings is 1. The molecule has 0 aliphatic heterocycles. The Morgan fingerprint density at radius 1 is 1.18 bits per heavy atom. The van der Waals surface area contributed by atoms with Gasteiger partial charge in [0.1, 0.15) is 5.82 Å². The van der Waals surface area contributed by atoms with Crippen LogP contribution in [0, 0.1) is 24.7 Å². The summed E-state index contributed by atoms with van der Waals surface area (Å²) in [5.74, 6) is 2.94. The Hall–Kier alpha value is -1.25. The minimum Gasteiger partial charge on any atom is -0.397 e. The van der Waals surface area contributed by atoms with Crippen LogP contribution in [0.15, 0.2) is 12.1 Å². The fraction of sp³-hybridized carbons (Fsp3) is 0.643. The van der Waals surface area contributed by atoms with Crippen molar-refractivity contribution in [1.82, 2.24) is 4.98 Å². The summed E-state index contributed by atoms with van der Waals surface area (Å²) >= 11 is 0. The first-order chi connectivity index (χ1) is 7.91. The van der Waals surface area contributed by atoms with Gasteiger partial charge in [-0.1, -0.05) is 27.7 Å². The zero-order chi connectivity index (χ0) is 13.0. The summed E-state index contributed by atoms with van der Waals surface area (Å²) in [5.41, 5.74) is 7.39. The lowest BCUT2D eigenvalue weighted by molar-refractivity contribution is 0.304. The van der Waals surface area contributed by atoms with Gasteiger partial charge in [0.2, 0.25) is 0 Å². The van der Waals surface area contributed by atoms with Crippen LogP contribution in [0.4, 0.5) is 11.5 Å². The minimum absolute atomic E-state index is 0.662. The lowest BCUT2D eigenvalue weighted by Crippen LogP contribution is -2.24. The molecular formula is C14H25N3. The van der Waals surface area contributed by atoms with Crippen molar-refractivity contribution in [2.24, 2.45) is 17.8 Å². The van der Waals surface area contributed by atoms with Gasteiger partial charge in [-0.15, -0.1) is 0 Å². The van der Waals surface area contributed by atoms with Gasteiger partial charge in [0, 0.05) is 6.54 Å². The van der Waals surface area contributed by atoms with Gasteiger partial charge in [0.25, 0.3) is 0 Å². The van der Waals surface area contributed by atoms with Crippen molar-refractivity contribution in [1.29, 1.82) is 0 Å². The van der Waals surface area contributed by atoms with Crippen LogP contribution in [0.5, 0.6) is 0 Å². The van der Waals surface area contributed by atoms with Crippen molar-refractivity contribution in [3.63, 3.8) is 0 Å². The standard InChI is InChI=1S/C14H25N3/c1-9(2)12(10(3)4)8-16-14-7-6-13(15)11(5)17-14/h6-7,9-10,12H,8,15H2,1-5H3,(H,16,17). The molecule has 1 aromatic heterocycles. The minimum atomic E-state index is 0.662. The van der Waals surface area contributed by atoms with E-state index in [0.717, 1.165) is 23.7 Å². The zero-order valence-electron chi connectivity index (χ0n) is 11.6. The Morgan fingerprint density at radius 3 is 2.24 bits per heavy atom. The number of nitrogens with two attached hydrogens (primary N) is 1. The summed E-state index contributed by atoms with van der Waals surface area (Å²) < 4.78 is 0. The van der Waals surface area contributed by atoms with Gasteiger partial charge < -0.3 is 11.1 Å². The highest BCUT2D eigenvalue weighted by molar-refractivity contribution is 5.49. The number of aryl methyl sites for hydroxylation is 1. The highest BCUT2D eigenvalue weighted by atomic mass is 15.0. The normalized spacial score (nSPS) is 11.5. The third kappa shape index (κ3) is 3.91. The number of hydrogen-bond donors (Lipinski definition) is 2. The van der Waals surface area contributed by atoms with E-state index in [9.17, 15) is 0 Å². The molecule has 0 bridgehead atoms. The monoisotopic (exact) mass is 235 g/mol. The summed E-state index contributed by atoms with van der Waals surface area (Å²) in [6.07, 6.45) is 0. The molecule has 0 amide bonds. The van der Waals surface area contributed by atoms with E-state index in [1.807, 2.05) is 19.1 Å². The number of rotatable bonds is 5. The molecule has 96 valence electrons. The van der Waals surface area contributed by atoms with Gasteiger partial charge in [0.05, 0.1) is 11.4 Å². The predicted octanol–water partition coefficient (Wildman–Crippen LogP) is 3.31. The molecule has 0 aromatic carbocycles. The number of aromatic nitrogens is 1. The van der Waals surface area contributed by atoms with Crippen molar-refractivity contribution in [2.45, 2.75) is 34.6 Å². The molecule has 1 rings (SSSR count). The molecule has 3 N–H and O–H groups in total. The van der Waals surface area contributed by atoms with Crippen LogP contribution in [-0.2, 0) is 0 Å². The van der Waals surface area contributed by atoms with Crippen molar-refractivity contribution in [3.05, 3.63) is 17.8 Å². The largest absolute Gasteiger partial charge is 0.397 e. The van der Waals surface area contributed by atoms with Crippen LogP contribution in [0.25, 0.3) is 0 Å². The van der Waals surface area contributed by atoms with Gasteiger partial charge in [0.15, 0.2) is 0 Å². The topological polar surface area (TPSA) is 50.9 Å². The van der Waals surface area contributed by atoms with E-state index in [1.54, 1.807) is 0 Å². The predicted molar refractivity (Wildman–Crippen MR) is 75.0 cm³/mol. The lowest BCUT2D eigenvalue weighted by atomic mass is 9.85. The quantitative estimate of drug-likeness (QED) is 0.823. The molecule has 1 heterocycles. The molecule has 0 unspecified atom stereocenters. The molecule has 0 atom stereocenters. The number of nitrogens with zero attached hydrogens (tertiary/aromatic N) is 1. The van der Waals surface area contributed by atoms with Crippen molar-refractivity contribution < 1.29 is 0 Å². The molecule has 3 nitrogen and oxygen atoms in total. The van der Waals surface area contributed by atoms with Crippen LogP contribution in [0.3, 0.4) is 0 Å². The maximum atomic E-state index is 5.75. The second-order valence-corrected chi connectivity index (χ2v) is 5.40. The van der Waals surface area contributed by atoms with Crippen LogP contribution in [0.2, 0.25) is 0 Å². The van der Waals surface area contributed by atoms with E-state index in [2.05, 4.69) is 38.0 Å². The molecule has 0 aliphatic carbocycles. The van der Waals surface area contributed by atoms with E-state index < -0.39 is 0 Å². The Bertz CT molecular complexity index is 350. The molecule has 0 saturated carbocycles. The molecule has 1 aromatic rings. The fourth-order valence-electron chi connectivity index (χ4n) is 2.13. The number of nitrogen functional groups attached to an aromatic ring is 1. The van der Waals surface area contributed by atoms with Gasteiger partial charge in [-0.2, -0.15) is 0 Å². The average molecular weight is 235 g/mol. The number of nitrogens with one attached hydrogen (secondary N) is 1. The first kappa shape index (κ1) is 13.8. The van der Waals surface area contributed by atoms with Gasteiger partial charge >= 0.3 is 0 Å². The van der Waals surface area contributed by atoms with Crippen LogP contribution in [0.1, 0.15) is 33.4 Å². The summed E-state index contributed by atoms with van der Waals surface area (Å²) in [6.45, 7) is 12.0. The number of anilines is 2.